The lowest BCUT2D eigenvalue weighted by Gasteiger charge is -2.15. The zero-order valence-corrected chi connectivity index (χ0v) is 13.5. The Bertz CT molecular complexity index is 570. The number of aryl methyl sites for hydroxylation is 1. The molecule has 0 saturated carbocycles. The molecule has 1 heterocycles. The van der Waals surface area contributed by atoms with Gasteiger partial charge in [0.2, 0.25) is 0 Å². The second-order valence-corrected chi connectivity index (χ2v) is 6.13. The molecule has 6 heteroatoms. The van der Waals surface area contributed by atoms with Crippen molar-refractivity contribution in [2.75, 3.05) is 6.54 Å². The van der Waals surface area contributed by atoms with Crippen LogP contribution < -0.4 is 5.32 Å². The molecule has 1 aromatic heterocycles. The van der Waals surface area contributed by atoms with Gasteiger partial charge in [-0.05, 0) is 49.3 Å². The van der Waals surface area contributed by atoms with Gasteiger partial charge >= 0.3 is 0 Å². The summed E-state index contributed by atoms with van der Waals surface area (Å²) >= 11 is 7.94. The highest BCUT2D eigenvalue weighted by atomic mass is 35.5. The van der Waals surface area contributed by atoms with Crippen LogP contribution >= 0.6 is 23.4 Å². The number of rotatable bonds is 6. The van der Waals surface area contributed by atoms with Gasteiger partial charge in [0, 0.05) is 23.0 Å². The van der Waals surface area contributed by atoms with Gasteiger partial charge in [-0.25, -0.2) is 0 Å². The first-order chi connectivity index (χ1) is 9.61. The molecule has 20 heavy (non-hydrogen) atoms. The number of nitrogens with zero attached hydrogens (tertiary/aromatic N) is 3. The summed E-state index contributed by atoms with van der Waals surface area (Å²) in [6, 6.07) is 6.40. The molecule has 0 spiro atoms. The minimum absolute atomic E-state index is 0.260. The highest BCUT2D eigenvalue weighted by molar-refractivity contribution is 7.99. The monoisotopic (exact) mass is 310 g/mol. The Labute approximate surface area is 128 Å². The molecule has 1 unspecified atom stereocenters. The van der Waals surface area contributed by atoms with Crippen LogP contribution in [0.25, 0.3) is 0 Å². The summed E-state index contributed by atoms with van der Waals surface area (Å²) in [4.78, 5) is 1.07. The highest BCUT2D eigenvalue weighted by Crippen LogP contribution is 2.31. The maximum absolute atomic E-state index is 6.39. The summed E-state index contributed by atoms with van der Waals surface area (Å²) < 4.78 is 1.89. The van der Waals surface area contributed by atoms with Crippen molar-refractivity contribution in [2.24, 2.45) is 7.05 Å². The average Bonchev–Trinajstić information content (AvgIpc) is 2.82. The van der Waals surface area contributed by atoms with Gasteiger partial charge in [-0.1, -0.05) is 24.6 Å². The van der Waals surface area contributed by atoms with Crippen LogP contribution in [0.1, 0.15) is 31.9 Å². The van der Waals surface area contributed by atoms with Crippen LogP contribution in [0.2, 0.25) is 5.02 Å². The summed E-state index contributed by atoms with van der Waals surface area (Å²) in [5.41, 5.74) is 1.13. The van der Waals surface area contributed by atoms with Gasteiger partial charge < -0.3 is 9.88 Å². The molecule has 108 valence electrons. The van der Waals surface area contributed by atoms with Crippen LogP contribution in [0.5, 0.6) is 0 Å². The van der Waals surface area contributed by atoms with Crippen molar-refractivity contribution in [3.8, 4) is 0 Å². The fourth-order valence-electron chi connectivity index (χ4n) is 1.86. The van der Waals surface area contributed by atoms with Crippen molar-refractivity contribution in [1.29, 1.82) is 0 Å². The van der Waals surface area contributed by atoms with E-state index in [4.69, 9.17) is 11.6 Å². The Morgan fingerprint density at radius 2 is 2.25 bits per heavy atom. The molecule has 0 aliphatic carbocycles. The highest BCUT2D eigenvalue weighted by Gasteiger charge is 2.11. The van der Waals surface area contributed by atoms with Crippen molar-refractivity contribution >= 4 is 23.4 Å². The number of hydrogen-bond donors (Lipinski definition) is 1. The minimum atomic E-state index is 0.260. The fraction of sp³-hybridized carbons (Fsp3) is 0.429. The number of hydrogen-bond acceptors (Lipinski definition) is 4. The van der Waals surface area contributed by atoms with E-state index in [0.29, 0.717) is 0 Å². The van der Waals surface area contributed by atoms with Crippen molar-refractivity contribution < 1.29 is 0 Å². The topological polar surface area (TPSA) is 42.7 Å². The summed E-state index contributed by atoms with van der Waals surface area (Å²) in [5, 5.41) is 13.0. The molecule has 0 saturated heterocycles. The van der Waals surface area contributed by atoms with Crippen molar-refractivity contribution in [1.82, 2.24) is 20.1 Å². The zero-order chi connectivity index (χ0) is 14.5. The van der Waals surface area contributed by atoms with Crippen LogP contribution in [0, 0.1) is 0 Å². The van der Waals surface area contributed by atoms with Crippen molar-refractivity contribution in [3.63, 3.8) is 0 Å². The predicted molar refractivity (Wildman–Crippen MR) is 83.3 cm³/mol. The second-order valence-electron chi connectivity index (χ2n) is 4.69. The third kappa shape index (κ3) is 3.75. The van der Waals surface area contributed by atoms with E-state index in [-0.39, 0.29) is 6.04 Å². The quantitative estimate of drug-likeness (QED) is 0.884. The summed E-state index contributed by atoms with van der Waals surface area (Å²) in [5.74, 6) is 0. The fourth-order valence-corrected chi connectivity index (χ4v) is 3.08. The lowest BCUT2D eigenvalue weighted by atomic mass is 10.1. The van der Waals surface area contributed by atoms with E-state index in [2.05, 4.69) is 41.5 Å². The molecule has 0 bridgehead atoms. The molecule has 0 amide bonds. The van der Waals surface area contributed by atoms with Gasteiger partial charge in [0.1, 0.15) is 6.33 Å². The lowest BCUT2D eigenvalue weighted by Crippen LogP contribution is -2.19. The van der Waals surface area contributed by atoms with E-state index >= 15 is 0 Å². The van der Waals surface area contributed by atoms with Crippen LogP contribution in [0.3, 0.4) is 0 Å². The van der Waals surface area contributed by atoms with E-state index in [9.17, 15) is 0 Å². The van der Waals surface area contributed by atoms with E-state index in [1.807, 2.05) is 17.7 Å². The third-order valence-corrected chi connectivity index (χ3v) is 4.39. The van der Waals surface area contributed by atoms with Crippen LogP contribution in [0.15, 0.2) is 34.6 Å². The lowest BCUT2D eigenvalue weighted by molar-refractivity contribution is 0.570. The molecule has 2 rings (SSSR count). The standard InChI is InChI=1S/C14H19ClN4S/c1-4-7-16-10(2)12-6-5-11(8-13(12)15)20-14-18-17-9-19(14)3/h5-6,8-10,16H,4,7H2,1-3H3. The Morgan fingerprint density at radius 1 is 1.45 bits per heavy atom. The molecular formula is C14H19ClN4S. The molecule has 1 N–H and O–H groups in total. The maximum atomic E-state index is 6.39. The average molecular weight is 311 g/mol. The normalized spacial score (nSPS) is 12.6. The molecular weight excluding hydrogens is 292 g/mol. The van der Waals surface area contributed by atoms with Crippen LogP contribution in [0.4, 0.5) is 0 Å². The number of halogens is 1. The Morgan fingerprint density at radius 3 is 2.85 bits per heavy atom. The molecule has 4 nitrogen and oxygen atoms in total. The van der Waals surface area contributed by atoms with Gasteiger partial charge in [-0.15, -0.1) is 10.2 Å². The van der Waals surface area contributed by atoms with Gasteiger partial charge in [0.15, 0.2) is 5.16 Å². The first-order valence-corrected chi connectivity index (χ1v) is 7.86. The zero-order valence-electron chi connectivity index (χ0n) is 11.9. The van der Waals surface area contributed by atoms with Crippen LogP contribution in [-0.2, 0) is 7.05 Å². The molecule has 0 aliphatic rings. The summed E-state index contributed by atoms with van der Waals surface area (Å²) in [7, 11) is 1.93. The van der Waals surface area contributed by atoms with E-state index < -0.39 is 0 Å². The van der Waals surface area contributed by atoms with Gasteiger partial charge in [-0.2, -0.15) is 0 Å². The predicted octanol–water partition coefficient (Wildman–Crippen LogP) is 3.68. The Balaban J connectivity index is 2.11. The Hall–Kier alpha value is -1.04. The third-order valence-electron chi connectivity index (χ3n) is 3.02. The van der Waals surface area contributed by atoms with Crippen LogP contribution in [-0.4, -0.2) is 21.3 Å². The molecule has 1 atom stereocenters. The SMILES string of the molecule is CCCNC(C)c1ccc(Sc2nncn2C)cc1Cl. The smallest absolute Gasteiger partial charge is 0.195 e. The second kappa shape index (κ2) is 7.11. The maximum Gasteiger partial charge on any atom is 0.195 e. The van der Waals surface area contributed by atoms with Gasteiger partial charge in [0.25, 0.3) is 0 Å². The van der Waals surface area contributed by atoms with Crippen molar-refractivity contribution in [2.45, 2.75) is 36.4 Å². The van der Waals surface area contributed by atoms with Gasteiger partial charge in [-0.3, -0.25) is 0 Å². The molecule has 0 fully saturated rings. The largest absolute Gasteiger partial charge is 0.311 e. The van der Waals surface area contributed by atoms with E-state index in [1.54, 1.807) is 18.1 Å². The first-order valence-electron chi connectivity index (χ1n) is 6.66. The molecule has 1 aromatic carbocycles. The number of aromatic nitrogens is 3. The number of nitrogens with one attached hydrogen (secondary N) is 1. The summed E-state index contributed by atoms with van der Waals surface area (Å²) in [6.45, 7) is 5.28. The van der Waals surface area contributed by atoms with E-state index in [0.717, 1.165) is 33.6 Å². The Kier molecular flexibility index (Phi) is 5.46. The molecule has 0 radical (unpaired) electrons. The molecule has 0 aliphatic heterocycles. The van der Waals surface area contributed by atoms with Gasteiger partial charge in [0.05, 0.1) is 0 Å². The summed E-state index contributed by atoms with van der Waals surface area (Å²) in [6.07, 6.45) is 2.80. The minimum Gasteiger partial charge on any atom is -0.311 e. The number of benzene rings is 1. The first kappa shape index (κ1) is 15.4. The van der Waals surface area contributed by atoms with E-state index in [1.165, 1.54) is 0 Å². The van der Waals surface area contributed by atoms with Crippen molar-refractivity contribution in [3.05, 3.63) is 35.1 Å². The molecule has 2 aromatic rings.